The van der Waals surface area contributed by atoms with E-state index in [4.69, 9.17) is 0 Å². The minimum Gasteiger partial charge on any atom is -0.353 e. The summed E-state index contributed by atoms with van der Waals surface area (Å²) >= 11 is 1.79. The lowest BCUT2D eigenvalue weighted by Crippen LogP contribution is -2.48. The number of piperidine rings is 1. The van der Waals surface area contributed by atoms with Gasteiger partial charge in [-0.05, 0) is 48.2 Å². The summed E-state index contributed by atoms with van der Waals surface area (Å²) in [7, 11) is 0. The van der Waals surface area contributed by atoms with Gasteiger partial charge in [0.2, 0.25) is 5.91 Å². The van der Waals surface area contributed by atoms with Gasteiger partial charge < -0.3 is 10.2 Å². The Labute approximate surface area is 188 Å². The second-order valence-corrected chi connectivity index (χ2v) is 10.4. The van der Waals surface area contributed by atoms with Crippen LogP contribution in [-0.4, -0.2) is 42.2 Å². The maximum atomic E-state index is 13.4. The lowest BCUT2D eigenvalue weighted by Gasteiger charge is -2.34. The molecule has 2 aromatic rings. The number of hydrogen-bond donors (Lipinski definition) is 1. The Morgan fingerprint density at radius 1 is 1.00 bits per heavy atom. The second kappa shape index (κ2) is 10.6. The number of thioether (sulfide) groups is 1. The zero-order chi connectivity index (χ0) is 22.4. The van der Waals surface area contributed by atoms with Crippen molar-refractivity contribution in [3.05, 3.63) is 71.3 Å². The fraction of sp³-hybridized carbons (Fsp3) is 0.480. The molecule has 168 valence electrons. The number of halogens is 2. The molecule has 0 unspecified atom stereocenters. The van der Waals surface area contributed by atoms with Crippen LogP contribution in [0.1, 0.15) is 50.0 Å². The smallest absolute Gasteiger partial charge is 0.225 e. The monoisotopic (exact) mass is 446 g/mol. The van der Waals surface area contributed by atoms with Gasteiger partial charge in [-0.2, -0.15) is 0 Å². The van der Waals surface area contributed by atoms with Gasteiger partial charge in [-0.25, -0.2) is 8.78 Å². The van der Waals surface area contributed by atoms with Crippen molar-refractivity contribution in [3.63, 3.8) is 0 Å². The Balaban J connectivity index is 1.53. The Hall–Kier alpha value is -1.92. The minimum atomic E-state index is -0.358. The summed E-state index contributed by atoms with van der Waals surface area (Å²) in [4.78, 5) is 14.6. The third kappa shape index (κ3) is 7.04. The zero-order valence-electron chi connectivity index (χ0n) is 18.5. The van der Waals surface area contributed by atoms with Gasteiger partial charge in [0.15, 0.2) is 0 Å². The van der Waals surface area contributed by atoms with Crippen LogP contribution in [0.15, 0.2) is 48.5 Å². The summed E-state index contributed by atoms with van der Waals surface area (Å²) in [5.41, 5.74) is 1.67. The van der Waals surface area contributed by atoms with Crippen LogP contribution < -0.4 is 5.32 Å². The van der Waals surface area contributed by atoms with E-state index in [2.05, 4.69) is 10.2 Å². The van der Waals surface area contributed by atoms with Gasteiger partial charge in [-0.3, -0.25) is 4.79 Å². The zero-order valence-corrected chi connectivity index (χ0v) is 19.4. The minimum absolute atomic E-state index is 0.0322. The number of nitrogens with zero attached hydrogens (tertiary/aromatic N) is 1. The molecule has 0 bridgehead atoms. The van der Waals surface area contributed by atoms with Crippen molar-refractivity contribution in [1.82, 2.24) is 10.2 Å². The van der Waals surface area contributed by atoms with Gasteiger partial charge in [0.05, 0.1) is 5.25 Å². The predicted molar refractivity (Wildman–Crippen MR) is 124 cm³/mol. The Bertz CT molecular complexity index is 796. The van der Waals surface area contributed by atoms with Gasteiger partial charge >= 0.3 is 0 Å². The summed E-state index contributed by atoms with van der Waals surface area (Å²) in [6.45, 7) is 8.69. The summed E-state index contributed by atoms with van der Waals surface area (Å²) < 4.78 is 26.8. The fourth-order valence-electron chi connectivity index (χ4n) is 3.66. The molecule has 0 saturated carbocycles. The highest BCUT2D eigenvalue weighted by molar-refractivity contribution is 7.99. The molecular formula is C25H32F2N2OS. The molecule has 6 heteroatoms. The number of nitrogens with one attached hydrogen (secondary N) is 1. The van der Waals surface area contributed by atoms with Crippen molar-refractivity contribution in [1.29, 1.82) is 0 Å². The molecule has 3 nitrogen and oxygen atoms in total. The molecule has 1 N–H and O–H groups in total. The molecule has 1 fully saturated rings. The number of benzene rings is 2. The topological polar surface area (TPSA) is 32.3 Å². The Kier molecular flexibility index (Phi) is 8.11. The molecule has 0 aliphatic carbocycles. The first-order chi connectivity index (χ1) is 14.7. The first kappa shape index (κ1) is 23.7. The van der Waals surface area contributed by atoms with Gasteiger partial charge in [-0.15, -0.1) is 11.8 Å². The SMILES string of the molecule is CC(C)(C)C(=O)NC1CCN(CCSC(c2ccc(F)cc2)c2ccc(F)cc2)CC1. The standard InChI is InChI=1S/C25H32F2N2OS/c1-25(2,3)24(30)28-22-12-14-29(15-13-22)16-17-31-23(18-4-8-20(26)9-5-18)19-6-10-21(27)11-7-19/h4-11,22-23H,12-17H2,1-3H3,(H,28,30). The molecule has 2 aromatic carbocycles. The van der Waals surface area contributed by atoms with E-state index in [9.17, 15) is 13.6 Å². The fourth-order valence-corrected chi connectivity index (χ4v) is 4.96. The van der Waals surface area contributed by atoms with E-state index in [-0.39, 0.29) is 34.2 Å². The molecule has 0 radical (unpaired) electrons. The molecule has 1 aliphatic rings. The van der Waals surface area contributed by atoms with Crippen molar-refractivity contribution in [2.45, 2.75) is 44.9 Å². The van der Waals surface area contributed by atoms with Crippen LogP contribution in [0, 0.1) is 17.0 Å². The van der Waals surface area contributed by atoms with E-state index in [1.807, 2.05) is 20.8 Å². The van der Waals surface area contributed by atoms with E-state index in [1.165, 1.54) is 24.3 Å². The van der Waals surface area contributed by atoms with E-state index in [0.717, 1.165) is 49.4 Å². The van der Waals surface area contributed by atoms with Crippen LogP contribution in [-0.2, 0) is 4.79 Å². The van der Waals surface area contributed by atoms with Crippen molar-refractivity contribution >= 4 is 17.7 Å². The molecule has 0 atom stereocenters. The number of carbonyl (C=O) groups is 1. The van der Waals surface area contributed by atoms with Crippen molar-refractivity contribution < 1.29 is 13.6 Å². The molecular weight excluding hydrogens is 414 g/mol. The number of likely N-dealkylation sites (tertiary alicyclic amines) is 1. The third-order valence-corrected chi connectivity index (χ3v) is 6.94. The first-order valence-electron chi connectivity index (χ1n) is 10.9. The maximum Gasteiger partial charge on any atom is 0.225 e. The maximum absolute atomic E-state index is 13.4. The average Bonchev–Trinajstić information content (AvgIpc) is 2.73. The molecule has 0 spiro atoms. The Morgan fingerprint density at radius 3 is 1.94 bits per heavy atom. The predicted octanol–water partition coefficient (Wildman–Crippen LogP) is 5.41. The molecule has 1 saturated heterocycles. The van der Waals surface area contributed by atoms with Crippen molar-refractivity contribution in [2.24, 2.45) is 5.41 Å². The number of carbonyl (C=O) groups excluding carboxylic acids is 1. The van der Waals surface area contributed by atoms with Crippen molar-refractivity contribution in [2.75, 3.05) is 25.4 Å². The molecule has 31 heavy (non-hydrogen) atoms. The van der Waals surface area contributed by atoms with Crippen molar-refractivity contribution in [3.8, 4) is 0 Å². The van der Waals surface area contributed by atoms with Gasteiger partial charge in [0.25, 0.3) is 0 Å². The lowest BCUT2D eigenvalue weighted by molar-refractivity contribution is -0.129. The number of amides is 1. The lowest BCUT2D eigenvalue weighted by atomic mass is 9.94. The summed E-state index contributed by atoms with van der Waals surface area (Å²) in [6.07, 6.45) is 1.93. The third-order valence-electron chi connectivity index (χ3n) is 5.64. The van der Waals surface area contributed by atoms with Crippen LogP contribution in [0.25, 0.3) is 0 Å². The average molecular weight is 447 g/mol. The van der Waals surface area contributed by atoms with Crippen LogP contribution in [0.3, 0.4) is 0 Å². The van der Waals surface area contributed by atoms with Crippen LogP contribution in [0.5, 0.6) is 0 Å². The van der Waals surface area contributed by atoms with Crippen LogP contribution >= 0.6 is 11.8 Å². The summed E-state index contributed by atoms with van der Waals surface area (Å²) in [6, 6.07) is 13.4. The molecule has 1 amide bonds. The normalized spacial score (nSPS) is 15.9. The second-order valence-electron chi connectivity index (χ2n) is 9.19. The highest BCUT2D eigenvalue weighted by Crippen LogP contribution is 2.36. The van der Waals surface area contributed by atoms with E-state index in [1.54, 1.807) is 36.0 Å². The van der Waals surface area contributed by atoms with Gasteiger partial charge in [0.1, 0.15) is 11.6 Å². The number of hydrogen-bond acceptors (Lipinski definition) is 3. The van der Waals surface area contributed by atoms with Crippen LogP contribution in [0.4, 0.5) is 8.78 Å². The van der Waals surface area contributed by atoms with Gasteiger partial charge in [0, 0.05) is 36.8 Å². The van der Waals surface area contributed by atoms with Gasteiger partial charge in [-0.1, -0.05) is 45.0 Å². The molecule has 1 heterocycles. The Morgan fingerprint density at radius 2 is 1.48 bits per heavy atom. The van der Waals surface area contributed by atoms with E-state index < -0.39 is 0 Å². The highest BCUT2D eigenvalue weighted by atomic mass is 32.2. The summed E-state index contributed by atoms with van der Waals surface area (Å²) in [5, 5.41) is 3.21. The molecule has 1 aliphatic heterocycles. The molecule has 3 rings (SSSR count). The highest BCUT2D eigenvalue weighted by Gasteiger charge is 2.26. The summed E-state index contributed by atoms with van der Waals surface area (Å²) in [5.74, 6) is 0.516. The van der Waals surface area contributed by atoms with E-state index in [0.29, 0.717) is 0 Å². The quantitative estimate of drug-likeness (QED) is 0.617. The number of rotatable bonds is 7. The molecule has 0 aromatic heterocycles. The van der Waals surface area contributed by atoms with Crippen LogP contribution in [0.2, 0.25) is 0 Å². The largest absolute Gasteiger partial charge is 0.353 e. The van der Waals surface area contributed by atoms with E-state index >= 15 is 0 Å². The first-order valence-corrected chi connectivity index (χ1v) is 11.9.